The number of hydrogen-bond acceptors (Lipinski definition) is 6. The molecule has 8 nitrogen and oxygen atoms in total. The van der Waals surface area contributed by atoms with Crippen molar-refractivity contribution in [2.75, 3.05) is 27.7 Å². The van der Waals surface area contributed by atoms with Crippen LogP contribution in [0.25, 0.3) is 11.4 Å². The molecule has 2 amide bonds. The highest BCUT2D eigenvalue weighted by atomic mass is 16.5. The van der Waals surface area contributed by atoms with Crippen LogP contribution in [0.1, 0.15) is 35.2 Å². The van der Waals surface area contributed by atoms with Gasteiger partial charge in [-0.3, -0.25) is 9.59 Å². The molecule has 0 aliphatic rings. The average molecular weight is 437 g/mol. The van der Waals surface area contributed by atoms with Crippen molar-refractivity contribution in [2.24, 2.45) is 0 Å². The Labute approximate surface area is 187 Å². The molecule has 0 bridgehead atoms. The van der Waals surface area contributed by atoms with E-state index in [1.54, 1.807) is 38.2 Å². The summed E-state index contributed by atoms with van der Waals surface area (Å²) in [6.45, 7) is 3.00. The molecule has 3 rings (SSSR count). The highest BCUT2D eigenvalue weighted by Crippen LogP contribution is 2.20. The van der Waals surface area contributed by atoms with Crippen LogP contribution >= 0.6 is 0 Å². The number of nitrogens with zero attached hydrogens (tertiary/aromatic N) is 4. The minimum atomic E-state index is -0.0476. The van der Waals surface area contributed by atoms with Gasteiger partial charge in [-0.1, -0.05) is 17.3 Å². The van der Waals surface area contributed by atoms with Gasteiger partial charge in [0.1, 0.15) is 5.75 Å². The molecule has 0 atom stereocenters. The zero-order valence-electron chi connectivity index (χ0n) is 18.9. The van der Waals surface area contributed by atoms with Gasteiger partial charge in [-0.25, -0.2) is 0 Å². The van der Waals surface area contributed by atoms with Gasteiger partial charge < -0.3 is 19.1 Å². The van der Waals surface area contributed by atoms with Crippen LogP contribution in [0.4, 0.5) is 0 Å². The molecule has 168 valence electrons. The predicted octanol–water partition coefficient (Wildman–Crippen LogP) is 3.43. The van der Waals surface area contributed by atoms with E-state index in [-0.39, 0.29) is 18.2 Å². The molecule has 0 spiro atoms. The molecular formula is C24H28N4O4. The normalized spacial score (nSPS) is 10.6. The summed E-state index contributed by atoms with van der Waals surface area (Å²) in [4.78, 5) is 32.4. The fourth-order valence-electron chi connectivity index (χ4n) is 3.19. The molecule has 0 unspecified atom stereocenters. The largest absolute Gasteiger partial charge is 0.497 e. The molecular weight excluding hydrogens is 408 g/mol. The van der Waals surface area contributed by atoms with Crippen molar-refractivity contribution in [1.82, 2.24) is 19.9 Å². The molecule has 1 heterocycles. The van der Waals surface area contributed by atoms with Crippen molar-refractivity contribution >= 4 is 11.8 Å². The number of methoxy groups -OCH3 is 1. The van der Waals surface area contributed by atoms with Crippen molar-refractivity contribution < 1.29 is 18.8 Å². The number of aromatic nitrogens is 2. The Bertz CT molecular complexity index is 1040. The smallest absolute Gasteiger partial charge is 0.253 e. The number of carbonyl (C=O) groups is 2. The second-order valence-electron chi connectivity index (χ2n) is 7.54. The monoisotopic (exact) mass is 436 g/mol. The first-order valence-corrected chi connectivity index (χ1v) is 10.5. The first kappa shape index (κ1) is 23.0. The summed E-state index contributed by atoms with van der Waals surface area (Å²) in [6, 6.07) is 14.7. The topological polar surface area (TPSA) is 88.8 Å². The molecule has 0 N–H and O–H groups in total. The highest BCUT2D eigenvalue weighted by molar-refractivity contribution is 5.93. The van der Waals surface area contributed by atoms with Gasteiger partial charge in [0, 0.05) is 51.2 Å². The van der Waals surface area contributed by atoms with Crippen LogP contribution in [-0.4, -0.2) is 59.5 Å². The van der Waals surface area contributed by atoms with Gasteiger partial charge in [-0.05, 0) is 48.9 Å². The van der Waals surface area contributed by atoms with Crippen molar-refractivity contribution in [1.29, 1.82) is 0 Å². The molecule has 1 aromatic heterocycles. The van der Waals surface area contributed by atoms with E-state index in [1.807, 2.05) is 43.3 Å². The van der Waals surface area contributed by atoms with Crippen LogP contribution in [-0.2, 0) is 17.8 Å². The van der Waals surface area contributed by atoms with Gasteiger partial charge in [0.2, 0.25) is 17.6 Å². The Balaban J connectivity index is 1.56. The van der Waals surface area contributed by atoms with Crippen molar-refractivity contribution in [3.8, 4) is 17.1 Å². The Morgan fingerprint density at radius 2 is 1.72 bits per heavy atom. The number of rotatable bonds is 9. The molecule has 2 aromatic carbocycles. The molecule has 0 radical (unpaired) electrons. The van der Waals surface area contributed by atoms with Gasteiger partial charge in [0.05, 0.1) is 7.11 Å². The number of hydrogen-bond donors (Lipinski definition) is 0. The average Bonchev–Trinajstić information content (AvgIpc) is 3.30. The molecule has 0 saturated heterocycles. The summed E-state index contributed by atoms with van der Waals surface area (Å²) in [5, 5.41) is 4.00. The molecule has 0 fully saturated rings. The minimum Gasteiger partial charge on any atom is -0.497 e. The Morgan fingerprint density at radius 1 is 1.03 bits per heavy atom. The van der Waals surface area contributed by atoms with E-state index < -0.39 is 0 Å². The van der Waals surface area contributed by atoms with E-state index in [0.717, 1.165) is 16.9 Å². The van der Waals surface area contributed by atoms with Gasteiger partial charge in [-0.2, -0.15) is 4.98 Å². The second-order valence-corrected chi connectivity index (χ2v) is 7.54. The van der Waals surface area contributed by atoms with Gasteiger partial charge in [0.25, 0.3) is 5.91 Å². The number of aryl methyl sites for hydroxylation is 1. The molecule has 0 aliphatic heterocycles. The van der Waals surface area contributed by atoms with E-state index in [2.05, 4.69) is 10.1 Å². The third kappa shape index (κ3) is 5.72. The molecule has 0 saturated carbocycles. The van der Waals surface area contributed by atoms with Gasteiger partial charge in [-0.15, -0.1) is 0 Å². The van der Waals surface area contributed by atoms with Gasteiger partial charge in [0.15, 0.2) is 0 Å². The summed E-state index contributed by atoms with van der Waals surface area (Å²) >= 11 is 0. The van der Waals surface area contributed by atoms with E-state index in [9.17, 15) is 9.59 Å². The van der Waals surface area contributed by atoms with Crippen molar-refractivity contribution in [3.63, 3.8) is 0 Å². The van der Waals surface area contributed by atoms with Crippen molar-refractivity contribution in [2.45, 2.75) is 26.3 Å². The predicted molar refractivity (Wildman–Crippen MR) is 120 cm³/mol. The van der Waals surface area contributed by atoms with Crippen LogP contribution < -0.4 is 4.74 Å². The van der Waals surface area contributed by atoms with Crippen LogP contribution in [0.15, 0.2) is 53.1 Å². The Morgan fingerprint density at radius 3 is 2.31 bits per heavy atom. The summed E-state index contributed by atoms with van der Waals surface area (Å²) in [7, 11) is 5.05. The highest BCUT2D eigenvalue weighted by Gasteiger charge is 2.16. The summed E-state index contributed by atoms with van der Waals surface area (Å²) < 4.78 is 10.5. The third-order valence-corrected chi connectivity index (χ3v) is 5.08. The minimum absolute atomic E-state index is 0.00476. The zero-order chi connectivity index (χ0) is 23.1. The van der Waals surface area contributed by atoms with Crippen LogP contribution in [0, 0.1) is 0 Å². The van der Waals surface area contributed by atoms with E-state index in [0.29, 0.717) is 36.8 Å². The summed E-state index contributed by atoms with van der Waals surface area (Å²) in [6.07, 6.45) is 0.643. The maximum absolute atomic E-state index is 12.7. The fraction of sp³-hybridized carbons (Fsp3) is 0.333. The number of carbonyl (C=O) groups excluding carboxylic acids is 2. The number of ether oxygens (including phenoxy) is 1. The summed E-state index contributed by atoms with van der Waals surface area (Å²) in [5.74, 6) is 1.61. The van der Waals surface area contributed by atoms with E-state index in [4.69, 9.17) is 9.26 Å². The Kier molecular flexibility index (Phi) is 7.59. The lowest BCUT2D eigenvalue weighted by Gasteiger charge is -2.21. The quantitative estimate of drug-likeness (QED) is 0.511. The maximum atomic E-state index is 12.7. The number of amides is 2. The fourth-order valence-corrected chi connectivity index (χ4v) is 3.19. The maximum Gasteiger partial charge on any atom is 0.253 e. The molecule has 32 heavy (non-hydrogen) atoms. The standard InChI is InChI=1S/C24H28N4O4/c1-5-28(16-17-6-8-19(9-7-17)24(30)27(2)3)22(29)15-14-21-25-23(26-32-21)18-10-12-20(31-4)13-11-18/h6-13H,5,14-16H2,1-4H3. The first-order chi connectivity index (χ1) is 15.4. The lowest BCUT2D eigenvalue weighted by Crippen LogP contribution is -2.30. The molecule has 0 aliphatic carbocycles. The number of benzene rings is 2. The first-order valence-electron chi connectivity index (χ1n) is 10.5. The second kappa shape index (κ2) is 10.6. The summed E-state index contributed by atoms with van der Waals surface area (Å²) in [5.41, 5.74) is 2.41. The molecule has 8 heteroatoms. The van der Waals surface area contributed by atoms with Crippen molar-refractivity contribution in [3.05, 3.63) is 65.5 Å². The SMILES string of the molecule is CCN(Cc1ccc(C(=O)N(C)C)cc1)C(=O)CCc1nc(-c2ccc(OC)cc2)no1. The van der Waals surface area contributed by atoms with Gasteiger partial charge >= 0.3 is 0 Å². The van der Waals surface area contributed by atoms with Crippen LogP contribution in [0.3, 0.4) is 0 Å². The Hall–Kier alpha value is -3.68. The lowest BCUT2D eigenvalue weighted by molar-refractivity contribution is -0.131. The van der Waals surface area contributed by atoms with E-state index >= 15 is 0 Å². The zero-order valence-corrected chi connectivity index (χ0v) is 18.9. The molecule has 3 aromatic rings. The van der Waals surface area contributed by atoms with Crippen LogP contribution in [0.5, 0.6) is 5.75 Å². The third-order valence-electron chi connectivity index (χ3n) is 5.08. The lowest BCUT2D eigenvalue weighted by atomic mass is 10.1. The van der Waals surface area contributed by atoms with E-state index in [1.165, 1.54) is 4.90 Å². The van der Waals surface area contributed by atoms with Crippen LogP contribution in [0.2, 0.25) is 0 Å².